The van der Waals surface area contributed by atoms with Crippen molar-refractivity contribution in [2.24, 2.45) is 0 Å². The maximum absolute atomic E-state index is 5.01. The average Bonchev–Trinajstić information content (AvgIpc) is 3.49. The van der Waals surface area contributed by atoms with Crippen LogP contribution in [0, 0.1) is 0 Å². The summed E-state index contributed by atoms with van der Waals surface area (Å²) in [5.41, 5.74) is 8.17. The molecule has 35 heavy (non-hydrogen) atoms. The first-order valence-electron chi connectivity index (χ1n) is 11.5. The summed E-state index contributed by atoms with van der Waals surface area (Å²) in [6, 6.07) is 40.8. The van der Waals surface area contributed by atoms with Gasteiger partial charge in [0.1, 0.15) is 5.01 Å². The number of aromatic nitrogens is 2. The molecule has 0 fully saturated rings. The van der Waals surface area contributed by atoms with Crippen molar-refractivity contribution in [1.82, 2.24) is 9.55 Å². The van der Waals surface area contributed by atoms with Gasteiger partial charge in [0.05, 0.1) is 21.3 Å². The van der Waals surface area contributed by atoms with Crippen molar-refractivity contribution in [3.05, 3.63) is 120 Å². The molecule has 2 nitrogen and oxygen atoms in total. The molecular weight excluding hydrogens is 512 g/mol. The van der Waals surface area contributed by atoms with E-state index in [9.17, 15) is 0 Å². The zero-order valence-electron chi connectivity index (χ0n) is 18.7. The van der Waals surface area contributed by atoms with E-state index >= 15 is 0 Å². The molecule has 7 aromatic rings. The molecule has 0 aliphatic rings. The number of rotatable bonds is 3. The molecule has 0 aliphatic carbocycles. The molecule has 0 amide bonds. The van der Waals surface area contributed by atoms with Crippen molar-refractivity contribution in [3.8, 4) is 27.4 Å². The molecule has 166 valence electrons. The Morgan fingerprint density at radius 1 is 0.629 bits per heavy atom. The second-order valence-electron chi connectivity index (χ2n) is 8.61. The SMILES string of the molecule is Brc1cccc(-c2ccc3c(c2)c2ccc4nc(-c5ccccc5)sc4c2n3-c2ccccc2)c1. The largest absolute Gasteiger partial charge is 0.308 e. The first-order valence-corrected chi connectivity index (χ1v) is 13.1. The predicted molar refractivity (Wildman–Crippen MR) is 153 cm³/mol. The topological polar surface area (TPSA) is 17.8 Å². The van der Waals surface area contributed by atoms with E-state index in [0.29, 0.717) is 0 Å². The standard InChI is InChI=1S/C31H19BrN2S/c32-23-11-7-10-21(18-23)22-14-17-28-26(19-22)25-15-16-27-30(29(25)34(28)24-12-5-2-6-13-24)35-31(33-27)20-8-3-1-4-9-20/h1-19H. The van der Waals surface area contributed by atoms with Crippen LogP contribution < -0.4 is 0 Å². The lowest BCUT2D eigenvalue weighted by molar-refractivity contribution is 1.19. The monoisotopic (exact) mass is 530 g/mol. The van der Waals surface area contributed by atoms with E-state index in [4.69, 9.17) is 4.98 Å². The van der Waals surface area contributed by atoms with E-state index in [1.54, 1.807) is 11.3 Å². The van der Waals surface area contributed by atoms with Gasteiger partial charge in [0, 0.05) is 26.5 Å². The lowest BCUT2D eigenvalue weighted by atomic mass is 10.0. The van der Waals surface area contributed by atoms with Crippen molar-refractivity contribution in [2.45, 2.75) is 0 Å². The van der Waals surface area contributed by atoms with Crippen LogP contribution in [0.15, 0.2) is 120 Å². The number of thiazole rings is 1. The predicted octanol–water partition coefficient (Wildman–Crippen LogP) is 9.49. The van der Waals surface area contributed by atoms with Gasteiger partial charge in [-0.05, 0) is 59.7 Å². The molecule has 0 spiro atoms. The number of halogens is 1. The van der Waals surface area contributed by atoms with Crippen molar-refractivity contribution >= 4 is 59.3 Å². The summed E-state index contributed by atoms with van der Waals surface area (Å²) >= 11 is 5.39. The van der Waals surface area contributed by atoms with Gasteiger partial charge in [-0.2, -0.15) is 0 Å². The third kappa shape index (κ3) is 3.41. The van der Waals surface area contributed by atoms with Crippen LogP contribution in [-0.2, 0) is 0 Å². The molecule has 0 saturated heterocycles. The van der Waals surface area contributed by atoms with Crippen LogP contribution in [0.1, 0.15) is 0 Å². The summed E-state index contributed by atoms with van der Waals surface area (Å²) in [4.78, 5) is 5.01. The summed E-state index contributed by atoms with van der Waals surface area (Å²) in [6.45, 7) is 0. The van der Waals surface area contributed by atoms with Crippen molar-refractivity contribution in [2.75, 3.05) is 0 Å². The molecule has 4 heteroatoms. The first kappa shape index (κ1) is 20.6. The molecule has 0 aliphatic heterocycles. The summed E-state index contributed by atoms with van der Waals surface area (Å²) < 4.78 is 4.69. The first-order chi connectivity index (χ1) is 17.3. The summed E-state index contributed by atoms with van der Waals surface area (Å²) in [5.74, 6) is 0. The molecule has 7 rings (SSSR count). The van der Waals surface area contributed by atoms with Crippen LogP contribution in [0.3, 0.4) is 0 Å². The Labute approximate surface area is 215 Å². The van der Waals surface area contributed by atoms with E-state index < -0.39 is 0 Å². The van der Waals surface area contributed by atoms with Gasteiger partial charge in [-0.15, -0.1) is 11.3 Å². The highest BCUT2D eigenvalue weighted by Gasteiger charge is 2.18. The Morgan fingerprint density at radius 2 is 1.37 bits per heavy atom. The van der Waals surface area contributed by atoms with E-state index in [0.717, 1.165) is 26.2 Å². The fourth-order valence-electron chi connectivity index (χ4n) is 4.88. The molecule has 5 aromatic carbocycles. The minimum absolute atomic E-state index is 1.04. The van der Waals surface area contributed by atoms with Gasteiger partial charge in [-0.25, -0.2) is 4.98 Å². The van der Waals surface area contributed by atoms with Crippen LogP contribution >= 0.6 is 27.3 Å². The quantitative estimate of drug-likeness (QED) is 0.222. The Hall–Kier alpha value is -3.73. The lowest BCUT2D eigenvalue weighted by Crippen LogP contribution is -1.93. The van der Waals surface area contributed by atoms with Gasteiger partial charge in [0.2, 0.25) is 0 Å². The highest BCUT2D eigenvalue weighted by Crippen LogP contribution is 2.41. The van der Waals surface area contributed by atoms with Gasteiger partial charge in [0.15, 0.2) is 0 Å². The maximum atomic E-state index is 5.01. The Balaban J connectivity index is 1.57. The molecule has 0 radical (unpaired) electrons. The van der Waals surface area contributed by atoms with Crippen LogP contribution in [0.25, 0.3) is 59.4 Å². The van der Waals surface area contributed by atoms with Crippen molar-refractivity contribution in [3.63, 3.8) is 0 Å². The number of nitrogens with zero attached hydrogens (tertiary/aromatic N) is 2. The van der Waals surface area contributed by atoms with E-state index in [1.165, 1.54) is 37.6 Å². The molecular formula is C31H19BrN2S. The summed E-state index contributed by atoms with van der Waals surface area (Å²) in [7, 11) is 0. The summed E-state index contributed by atoms with van der Waals surface area (Å²) in [5, 5.41) is 3.54. The fraction of sp³-hybridized carbons (Fsp3) is 0. The number of para-hydroxylation sites is 1. The molecule has 0 saturated carbocycles. The Morgan fingerprint density at radius 3 is 2.17 bits per heavy atom. The Bertz CT molecular complexity index is 1850. The third-order valence-corrected chi connectivity index (χ3v) is 8.10. The summed E-state index contributed by atoms with van der Waals surface area (Å²) in [6.07, 6.45) is 0. The van der Waals surface area contributed by atoms with Gasteiger partial charge in [-0.1, -0.05) is 82.7 Å². The van der Waals surface area contributed by atoms with Gasteiger partial charge in [0.25, 0.3) is 0 Å². The molecule has 0 atom stereocenters. The smallest absolute Gasteiger partial charge is 0.124 e. The second kappa shape index (κ2) is 8.19. The number of fused-ring (bicyclic) bond motifs is 5. The molecule has 2 heterocycles. The second-order valence-corrected chi connectivity index (χ2v) is 10.5. The van der Waals surface area contributed by atoms with Gasteiger partial charge in [-0.3, -0.25) is 0 Å². The van der Waals surface area contributed by atoms with Gasteiger partial charge < -0.3 is 4.57 Å². The maximum Gasteiger partial charge on any atom is 0.124 e. The van der Waals surface area contributed by atoms with Crippen LogP contribution in [0.2, 0.25) is 0 Å². The number of benzene rings is 5. The van der Waals surface area contributed by atoms with E-state index in [2.05, 4.69) is 130 Å². The zero-order valence-corrected chi connectivity index (χ0v) is 21.1. The minimum atomic E-state index is 1.04. The molecule has 0 bridgehead atoms. The van der Waals surface area contributed by atoms with E-state index in [-0.39, 0.29) is 0 Å². The van der Waals surface area contributed by atoms with Crippen molar-refractivity contribution in [1.29, 1.82) is 0 Å². The normalized spacial score (nSPS) is 11.6. The van der Waals surface area contributed by atoms with Crippen molar-refractivity contribution < 1.29 is 0 Å². The zero-order chi connectivity index (χ0) is 23.4. The minimum Gasteiger partial charge on any atom is -0.308 e. The van der Waals surface area contributed by atoms with Gasteiger partial charge >= 0.3 is 0 Å². The highest BCUT2D eigenvalue weighted by atomic mass is 79.9. The molecule has 0 unspecified atom stereocenters. The highest BCUT2D eigenvalue weighted by molar-refractivity contribution is 9.10. The molecule has 2 aromatic heterocycles. The van der Waals surface area contributed by atoms with Crippen LogP contribution in [0.4, 0.5) is 0 Å². The Kier molecular flexibility index (Phi) is 4.83. The lowest BCUT2D eigenvalue weighted by Gasteiger charge is -2.08. The molecule has 0 N–H and O–H groups in total. The van der Waals surface area contributed by atoms with E-state index in [1.807, 2.05) is 6.07 Å². The van der Waals surface area contributed by atoms with Crippen LogP contribution in [-0.4, -0.2) is 9.55 Å². The number of hydrogen-bond donors (Lipinski definition) is 0. The van der Waals surface area contributed by atoms with Crippen LogP contribution in [0.5, 0.6) is 0 Å². The fourth-order valence-corrected chi connectivity index (χ4v) is 6.39. The average molecular weight is 531 g/mol. The third-order valence-electron chi connectivity index (χ3n) is 6.48. The number of hydrogen-bond acceptors (Lipinski definition) is 2.